The van der Waals surface area contributed by atoms with E-state index in [4.69, 9.17) is 0 Å². The average Bonchev–Trinajstić information content (AvgIpc) is 3.84. The molecule has 326 valence electrons. The second kappa shape index (κ2) is 22.0. The first-order valence-electron chi connectivity index (χ1n) is 22.8. The number of aliphatic hydroxyl groups excluding tert-OH is 1. The third-order valence-corrected chi connectivity index (χ3v) is 12.6. The Kier molecular flexibility index (Phi) is 16.9. The minimum absolute atomic E-state index is 0.0329. The molecule has 2 aliphatic heterocycles. The topological polar surface area (TPSA) is 160 Å². The highest BCUT2D eigenvalue weighted by Gasteiger charge is 2.39. The van der Waals surface area contributed by atoms with Crippen molar-refractivity contribution >= 4 is 57.6 Å². The highest BCUT2D eigenvalue weighted by molar-refractivity contribution is 6.52. The van der Waals surface area contributed by atoms with E-state index >= 15 is 0 Å². The van der Waals surface area contributed by atoms with E-state index < -0.39 is 5.78 Å². The first-order valence-corrected chi connectivity index (χ1v) is 22.8. The molecule has 0 saturated heterocycles. The van der Waals surface area contributed by atoms with Crippen LogP contribution in [0, 0.1) is 11.8 Å². The zero-order valence-electron chi connectivity index (χ0n) is 37.0. The first-order chi connectivity index (χ1) is 29.0. The minimum Gasteiger partial charge on any atom is -0.506 e. The van der Waals surface area contributed by atoms with Gasteiger partial charge in [0.15, 0.2) is 0 Å². The quantitative estimate of drug-likeness (QED) is 0.0868. The van der Waals surface area contributed by atoms with Crippen molar-refractivity contribution in [1.82, 2.24) is 15.2 Å². The van der Waals surface area contributed by atoms with Crippen molar-refractivity contribution in [2.24, 2.45) is 11.8 Å². The number of hydrogen-bond donors (Lipinski definition) is 5. The molecule has 5 rings (SSSR count). The molecule has 2 atom stereocenters. The molecule has 2 aromatic rings. The number of anilines is 3. The summed E-state index contributed by atoms with van der Waals surface area (Å²) < 4.78 is 2.21. The third kappa shape index (κ3) is 11.2. The van der Waals surface area contributed by atoms with Crippen LogP contribution in [0.2, 0.25) is 0 Å². The van der Waals surface area contributed by atoms with Crippen LogP contribution in [0.4, 0.5) is 17.1 Å². The minimum atomic E-state index is -0.394. The fraction of sp³-hybridized carbons (Fsp3) is 0.583. The molecule has 12 heteroatoms. The number of amides is 4. The fourth-order valence-electron chi connectivity index (χ4n) is 8.65. The normalized spacial score (nSPS) is 16.3. The Balaban J connectivity index is 1.40. The molecule has 1 aliphatic carbocycles. The van der Waals surface area contributed by atoms with Crippen LogP contribution in [0.1, 0.15) is 135 Å². The number of nitrogens with zero attached hydrogens (tertiary/aromatic N) is 2. The van der Waals surface area contributed by atoms with E-state index in [-0.39, 0.29) is 66.2 Å². The van der Waals surface area contributed by atoms with Crippen molar-refractivity contribution in [2.75, 3.05) is 54.8 Å². The van der Waals surface area contributed by atoms with Gasteiger partial charge in [0.1, 0.15) is 18.8 Å². The van der Waals surface area contributed by atoms with Gasteiger partial charge in [-0.2, -0.15) is 0 Å². The second-order valence-electron chi connectivity index (χ2n) is 16.7. The molecule has 3 aliphatic rings. The van der Waals surface area contributed by atoms with Gasteiger partial charge in [0.05, 0.1) is 22.5 Å². The fourth-order valence-corrected chi connectivity index (χ4v) is 8.65. The number of fused-ring (bicyclic) bond motifs is 2. The summed E-state index contributed by atoms with van der Waals surface area (Å²) in [6.45, 7) is 17.0. The molecule has 2 aromatic carbocycles. The Labute approximate surface area is 356 Å². The van der Waals surface area contributed by atoms with Gasteiger partial charge in [-0.1, -0.05) is 66.2 Å². The largest absolute Gasteiger partial charge is 0.506 e. The number of carbonyl (C=O) groups excluding carboxylic acids is 5. The summed E-state index contributed by atoms with van der Waals surface area (Å²) in [6.07, 6.45) is 10.0. The summed E-state index contributed by atoms with van der Waals surface area (Å²) in [7, 11) is 0. The second-order valence-corrected chi connectivity index (χ2v) is 16.7. The molecule has 2 heterocycles. The lowest BCUT2D eigenvalue weighted by Gasteiger charge is -2.26. The lowest BCUT2D eigenvalue weighted by atomic mass is 9.80. The molecule has 60 heavy (non-hydrogen) atoms. The number of benzene rings is 2. The number of likely N-dealkylation sites (N-methyl/N-ethyl adjacent to an activating group) is 2. The lowest BCUT2D eigenvalue weighted by molar-refractivity contribution is -0.124. The zero-order valence-corrected chi connectivity index (χ0v) is 37.0. The van der Waals surface area contributed by atoms with Crippen molar-refractivity contribution < 1.29 is 29.1 Å². The Morgan fingerprint density at radius 2 is 1.30 bits per heavy atom. The lowest BCUT2D eigenvalue weighted by Crippen LogP contribution is -2.34. The Morgan fingerprint density at radius 1 is 0.717 bits per heavy atom. The maximum absolute atomic E-state index is 14.3. The van der Waals surface area contributed by atoms with Crippen LogP contribution in [0.3, 0.4) is 0 Å². The Bertz CT molecular complexity index is 2090. The predicted molar refractivity (Wildman–Crippen MR) is 240 cm³/mol. The summed E-state index contributed by atoms with van der Waals surface area (Å²) in [6, 6.07) is 7.51. The van der Waals surface area contributed by atoms with Gasteiger partial charge in [-0.25, -0.2) is 4.58 Å². The molecular weight excluding hydrogens is 757 g/mol. The van der Waals surface area contributed by atoms with E-state index in [1.807, 2.05) is 24.3 Å². The molecule has 5 N–H and O–H groups in total. The van der Waals surface area contributed by atoms with E-state index in [1.165, 1.54) is 0 Å². The van der Waals surface area contributed by atoms with Gasteiger partial charge in [-0.3, -0.25) is 24.0 Å². The van der Waals surface area contributed by atoms with Crippen LogP contribution in [0.5, 0.6) is 0 Å². The molecule has 0 saturated carbocycles. The maximum atomic E-state index is 14.3. The van der Waals surface area contributed by atoms with E-state index in [1.54, 1.807) is 0 Å². The number of rotatable bonds is 23. The number of hydrogen-bond acceptors (Lipinski definition) is 7. The van der Waals surface area contributed by atoms with Gasteiger partial charge in [0, 0.05) is 86.4 Å². The SMILES string of the molecule is CCCCC(CC)CNC(=O)CCC(=O)Nc1cc2c(cc1C1=C(O)/C(=c3/cc4c(cc3NC(=O)CCC(=O)NCC(CC)CCCC)=[N+](CC)CC4)C1=O)CCN2CC. The highest BCUT2D eigenvalue weighted by Crippen LogP contribution is 2.43. The summed E-state index contributed by atoms with van der Waals surface area (Å²) in [5.74, 6) is -0.851. The molecular formula is C48H69N6O6+. The predicted octanol–water partition coefficient (Wildman–Crippen LogP) is 5.94. The van der Waals surface area contributed by atoms with E-state index in [0.29, 0.717) is 47.1 Å². The number of ketones is 1. The van der Waals surface area contributed by atoms with Crippen LogP contribution < -0.4 is 41.3 Å². The van der Waals surface area contributed by atoms with E-state index in [2.05, 4.69) is 72.3 Å². The number of carbonyl (C=O) groups is 5. The van der Waals surface area contributed by atoms with Gasteiger partial charge in [0.2, 0.25) is 34.8 Å². The number of unbranched alkanes of at least 4 members (excludes halogenated alkanes) is 2. The van der Waals surface area contributed by atoms with Gasteiger partial charge < -0.3 is 31.3 Å². The number of allylic oxidation sites excluding steroid dienone is 2. The Morgan fingerprint density at radius 3 is 1.83 bits per heavy atom. The van der Waals surface area contributed by atoms with Crippen molar-refractivity contribution in [2.45, 2.75) is 131 Å². The number of aliphatic hydroxyl groups is 1. The molecule has 2 unspecified atom stereocenters. The van der Waals surface area contributed by atoms with Crippen molar-refractivity contribution in [1.29, 1.82) is 0 Å². The smallest absolute Gasteiger partial charge is 0.224 e. The maximum Gasteiger partial charge on any atom is 0.224 e. The van der Waals surface area contributed by atoms with Crippen LogP contribution >= 0.6 is 0 Å². The molecule has 12 nitrogen and oxygen atoms in total. The number of Topliss-reactive ketones (excluding diaryl/α,β-unsaturated/α-hetero) is 1. The van der Waals surface area contributed by atoms with Crippen molar-refractivity contribution in [3.63, 3.8) is 0 Å². The molecule has 4 amide bonds. The standard InChI is InChI=1S/C48H68N6O6/c1-7-13-15-31(9-3)29-49-41(55)17-19-43(57)51-37-27-39-33(21-23-53(39)11-5)25-35(37)45-47(59)46(48(45)60)36-26-34-22-24-54(12-6)40(34)28-38(36)52-44(58)20-18-42(56)50-30-32(10-4)16-14-8-2/h25-28,31-32H,7-24,29-30H2,1-6H3,(H4,49,50,51,52,55,56,57,58,59,60)/p+1. The molecule has 0 bridgehead atoms. The summed E-state index contributed by atoms with van der Waals surface area (Å²) in [5.41, 5.74) is 4.40. The molecule has 0 fully saturated rings. The molecule has 0 aromatic heterocycles. The number of nitrogens with one attached hydrogen (secondary N) is 4. The van der Waals surface area contributed by atoms with Crippen LogP contribution in [0.15, 0.2) is 30.0 Å². The van der Waals surface area contributed by atoms with Crippen LogP contribution in [0.25, 0.3) is 11.1 Å². The average molecular weight is 826 g/mol. The van der Waals surface area contributed by atoms with Gasteiger partial charge in [-0.05, 0) is 68.7 Å². The summed E-state index contributed by atoms with van der Waals surface area (Å²) in [4.78, 5) is 68.9. The molecule has 0 radical (unpaired) electrons. The van der Waals surface area contributed by atoms with Crippen molar-refractivity contribution in [3.8, 4) is 0 Å². The van der Waals surface area contributed by atoms with Crippen LogP contribution in [-0.4, -0.2) is 73.8 Å². The van der Waals surface area contributed by atoms with E-state index in [9.17, 15) is 29.1 Å². The summed E-state index contributed by atoms with van der Waals surface area (Å²) in [5, 5.41) is 25.2. The van der Waals surface area contributed by atoms with Crippen molar-refractivity contribution in [3.05, 3.63) is 57.3 Å². The molecule has 0 spiro atoms. The third-order valence-electron chi connectivity index (χ3n) is 12.6. The highest BCUT2D eigenvalue weighted by atomic mass is 16.3. The van der Waals surface area contributed by atoms with Gasteiger partial charge >= 0.3 is 0 Å². The Hall–Kier alpha value is -5.00. The van der Waals surface area contributed by atoms with Crippen LogP contribution in [-0.2, 0) is 36.8 Å². The van der Waals surface area contributed by atoms with Gasteiger partial charge in [-0.15, -0.1) is 0 Å². The zero-order chi connectivity index (χ0) is 43.3. The monoisotopic (exact) mass is 826 g/mol. The van der Waals surface area contributed by atoms with Gasteiger partial charge in [0.25, 0.3) is 0 Å². The first kappa shape index (κ1) is 46.1. The van der Waals surface area contributed by atoms with E-state index in [0.717, 1.165) is 113 Å². The summed E-state index contributed by atoms with van der Waals surface area (Å²) >= 11 is 0.